The van der Waals surface area contributed by atoms with Crippen LogP contribution in [0.5, 0.6) is 0 Å². The van der Waals surface area contributed by atoms with E-state index >= 15 is 0 Å². The summed E-state index contributed by atoms with van der Waals surface area (Å²) in [6, 6.07) is 6.14. The van der Waals surface area contributed by atoms with E-state index in [2.05, 4.69) is 6.07 Å². The number of hydrogen-bond acceptors (Lipinski definition) is 2. The van der Waals surface area contributed by atoms with Crippen LogP contribution in [0.1, 0.15) is 24.0 Å². The molecular formula is C12H15NO2. The molecule has 80 valence electrons. The number of carbonyl (C=O) groups excluding carboxylic acids is 1. The van der Waals surface area contributed by atoms with E-state index in [1.165, 1.54) is 24.0 Å². The maximum Gasteiger partial charge on any atom is 0.133 e. The molecule has 0 bridgehead atoms. The van der Waals surface area contributed by atoms with Gasteiger partial charge in [0.15, 0.2) is 0 Å². The molecule has 0 radical (unpaired) electrons. The minimum absolute atomic E-state index is 0.0104. The van der Waals surface area contributed by atoms with E-state index in [-0.39, 0.29) is 6.54 Å². The summed E-state index contributed by atoms with van der Waals surface area (Å²) in [4.78, 5) is 10.4. The molecule has 0 aliphatic heterocycles. The first-order valence-electron chi connectivity index (χ1n) is 5.41. The first kappa shape index (κ1) is 10.2. The highest BCUT2D eigenvalue weighted by Crippen LogP contribution is 2.24. The van der Waals surface area contributed by atoms with Crippen LogP contribution in [0.3, 0.4) is 0 Å². The van der Waals surface area contributed by atoms with Crippen molar-refractivity contribution in [3.8, 4) is 0 Å². The minimum atomic E-state index is -1.01. The SMILES string of the molecule is O=C([O-])C[NH2+]c1cccc2c1CCCC2. The molecule has 1 aromatic rings. The standard InChI is InChI=1S/C12H15NO2/c14-12(15)8-13-11-7-3-5-9-4-1-2-6-10(9)11/h3,5,7,13H,1-2,4,6,8H2,(H,14,15). The Morgan fingerprint density at radius 3 is 2.93 bits per heavy atom. The lowest BCUT2D eigenvalue weighted by molar-refractivity contribution is -0.569. The Hall–Kier alpha value is -1.35. The summed E-state index contributed by atoms with van der Waals surface area (Å²) >= 11 is 0. The highest BCUT2D eigenvalue weighted by atomic mass is 16.4. The minimum Gasteiger partial charge on any atom is -0.544 e. The molecule has 1 aliphatic carbocycles. The van der Waals surface area contributed by atoms with Gasteiger partial charge in [-0.1, -0.05) is 12.1 Å². The molecule has 0 saturated carbocycles. The average Bonchev–Trinajstić information content (AvgIpc) is 2.26. The first-order chi connectivity index (χ1) is 7.27. The Morgan fingerprint density at radius 2 is 2.13 bits per heavy atom. The molecule has 15 heavy (non-hydrogen) atoms. The van der Waals surface area contributed by atoms with Gasteiger partial charge >= 0.3 is 0 Å². The van der Waals surface area contributed by atoms with Gasteiger partial charge in [-0.3, -0.25) is 0 Å². The van der Waals surface area contributed by atoms with Gasteiger partial charge in [-0.2, -0.15) is 0 Å². The van der Waals surface area contributed by atoms with E-state index in [1.807, 2.05) is 12.1 Å². The smallest absolute Gasteiger partial charge is 0.133 e. The molecule has 2 rings (SSSR count). The molecule has 3 heteroatoms. The molecule has 3 nitrogen and oxygen atoms in total. The zero-order valence-corrected chi connectivity index (χ0v) is 8.66. The lowest BCUT2D eigenvalue weighted by Gasteiger charge is -2.17. The van der Waals surface area contributed by atoms with Crippen LogP contribution >= 0.6 is 0 Å². The van der Waals surface area contributed by atoms with E-state index in [9.17, 15) is 9.90 Å². The fourth-order valence-electron chi connectivity index (χ4n) is 2.20. The number of hydrogen-bond donors (Lipinski definition) is 1. The fourth-order valence-corrected chi connectivity index (χ4v) is 2.20. The van der Waals surface area contributed by atoms with Crippen molar-refractivity contribution in [2.24, 2.45) is 0 Å². The van der Waals surface area contributed by atoms with Gasteiger partial charge in [-0.15, -0.1) is 0 Å². The fraction of sp³-hybridized carbons (Fsp3) is 0.417. The molecule has 2 N–H and O–H groups in total. The van der Waals surface area contributed by atoms with Gasteiger partial charge < -0.3 is 15.2 Å². The summed E-state index contributed by atoms with van der Waals surface area (Å²) in [5, 5.41) is 12.2. The second-order valence-electron chi connectivity index (χ2n) is 3.97. The van der Waals surface area contributed by atoms with Gasteiger partial charge in [0.1, 0.15) is 12.2 Å². The second-order valence-corrected chi connectivity index (χ2v) is 3.97. The quantitative estimate of drug-likeness (QED) is 0.677. The monoisotopic (exact) mass is 205 g/mol. The molecule has 0 atom stereocenters. The number of carboxylic acids is 1. The molecule has 0 unspecified atom stereocenters. The Morgan fingerprint density at radius 1 is 1.33 bits per heavy atom. The van der Waals surface area contributed by atoms with E-state index in [4.69, 9.17) is 0 Å². The van der Waals surface area contributed by atoms with E-state index < -0.39 is 5.97 Å². The zero-order chi connectivity index (χ0) is 10.7. The highest BCUT2D eigenvalue weighted by Gasteiger charge is 2.14. The molecule has 0 saturated heterocycles. The van der Waals surface area contributed by atoms with Crippen LogP contribution in [0.4, 0.5) is 5.69 Å². The summed E-state index contributed by atoms with van der Waals surface area (Å²) in [6.45, 7) is 0.0104. The summed E-state index contributed by atoms with van der Waals surface area (Å²) in [5.74, 6) is -1.01. The predicted molar refractivity (Wildman–Crippen MR) is 54.5 cm³/mol. The van der Waals surface area contributed by atoms with Crippen LogP contribution in [-0.4, -0.2) is 12.5 Å². The lowest BCUT2D eigenvalue weighted by atomic mass is 9.90. The van der Waals surface area contributed by atoms with Gasteiger partial charge in [-0.25, -0.2) is 0 Å². The molecule has 0 aromatic heterocycles. The van der Waals surface area contributed by atoms with Crippen LogP contribution < -0.4 is 10.4 Å². The molecule has 1 aliphatic rings. The van der Waals surface area contributed by atoms with Crippen molar-refractivity contribution in [3.05, 3.63) is 29.3 Å². The number of quaternary nitrogens is 1. The molecule has 0 fully saturated rings. The lowest BCUT2D eigenvalue weighted by Crippen LogP contribution is -2.81. The van der Waals surface area contributed by atoms with Gasteiger partial charge in [0.05, 0.1) is 5.97 Å². The largest absolute Gasteiger partial charge is 0.544 e. The number of aliphatic carboxylic acids is 1. The summed E-state index contributed by atoms with van der Waals surface area (Å²) in [6.07, 6.45) is 4.66. The van der Waals surface area contributed by atoms with Gasteiger partial charge in [0, 0.05) is 5.56 Å². The van der Waals surface area contributed by atoms with Crippen molar-refractivity contribution in [2.75, 3.05) is 6.54 Å². The van der Waals surface area contributed by atoms with E-state index in [0.717, 1.165) is 18.5 Å². The average molecular weight is 205 g/mol. The molecule has 0 spiro atoms. The number of fused-ring (bicyclic) bond motifs is 1. The zero-order valence-electron chi connectivity index (χ0n) is 8.66. The van der Waals surface area contributed by atoms with Crippen LogP contribution in [0.15, 0.2) is 18.2 Å². The van der Waals surface area contributed by atoms with Crippen LogP contribution in [0.25, 0.3) is 0 Å². The van der Waals surface area contributed by atoms with Crippen LogP contribution in [-0.2, 0) is 17.6 Å². The summed E-state index contributed by atoms with van der Waals surface area (Å²) in [5.41, 5.74) is 3.80. The van der Waals surface area contributed by atoms with E-state index in [0.29, 0.717) is 0 Å². The third-order valence-electron chi connectivity index (χ3n) is 2.92. The van der Waals surface area contributed by atoms with Crippen molar-refractivity contribution in [3.63, 3.8) is 0 Å². The van der Waals surface area contributed by atoms with Crippen molar-refractivity contribution in [1.29, 1.82) is 0 Å². The predicted octanol–water partition coefficient (Wildman–Crippen LogP) is -0.490. The van der Waals surface area contributed by atoms with Crippen molar-refractivity contribution >= 4 is 11.7 Å². The second kappa shape index (κ2) is 4.45. The van der Waals surface area contributed by atoms with Gasteiger partial charge in [-0.05, 0) is 37.3 Å². The Bertz CT molecular complexity index is 374. The molecule has 0 heterocycles. The highest BCUT2D eigenvalue weighted by molar-refractivity contribution is 5.65. The van der Waals surface area contributed by atoms with Crippen molar-refractivity contribution in [1.82, 2.24) is 0 Å². The van der Waals surface area contributed by atoms with E-state index in [1.54, 1.807) is 5.32 Å². The molecule has 0 amide bonds. The molecule has 1 aromatic carbocycles. The number of carbonyl (C=O) groups is 1. The topological polar surface area (TPSA) is 56.7 Å². The summed E-state index contributed by atoms with van der Waals surface area (Å²) in [7, 11) is 0. The molecular weight excluding hydrogens is 190 g/mol. The number of nitrogens with two attached hydrogens (primary N) is 1. The van der Waals surface area contributed by atoms with Crippen molar-refractivity contribution in [2.45, 2.75) is 25.7 Å². The normalized spacial score (nSPS) is 14.7. The number of aryl methyl sites for hydroxylation is 1. The summed E-state index contributed by atoms with van der Waals surface area (Å²) < 4.78 is 0. The Labute approximate surface area is 89.1 Å². The maximum absolute atomic E-state index is 10.4. The number of carboxylic acid groups (broad SMARTS) is 1. The third kappa shape index (κ3) is 2.36. The van der Waals surface area contributed by atoms with Crippen LogP contribution in [0, 0.1) is 0 Å². The number of benzene rings is 1. The van der Waals surface area contributed by atoms with Crippen molar-refractivity contribution < 1.29 is 15.2 Å². The Kier molecular flexibility index (Phi) is 3.02. The third-order valence-corrected chi connectivity index (χ3v) is 2.92. The Balaban J connectivity index is 2.19. The number of rotatable bonds is 3. The van der Waals surface area contributed by atoms with Crippen LogP contribution in [0.2, 0.25) is 0 Å². The van der Waals surface area contributed by atoms with Gasteiger partial charge in [0.2, 0.25) is 0 Å². The first-order valence-corrected chi connectivity index (χ1v) is 5.41. The van der Waals surface area contributed by atoms with Gasteiger partial charge in [0.25, 0.3) is 0 Å². The maximum atomic E-state index is 10.4.